The topological polar surface area (TPSA) is 43.8 Å². The van der Waals surface area contributed by atoms with Gasteiger partial charge in [-0.3, -0.25) is 4.57 Å². The van der Waals surface area contributed by atoms with Crippen LogP contribution in [0.15, 0.2) is 42.7 Å². The van der Waals surface area contributed by atoms with E-state index in [1.807, 2.05) is 6.33 Å². The van der Waals surface area contributed by atoms with E-state index in [4.69, 9.17) is 5.73 Å². The number of benzene rings is 2. The van der Waals surface area contributed by atoms with E-state index in [0.717, 1.165) is 23.1 Å². The molecule has 0 radical (unpaired) electrons. The molecule has 108 valence electrons. The highest BCUT2D eigenvalue weighted by atomic mass is 15.0. The van der Waals surface area contributed by atoms with Gasteiger partial charge in [-0.25, -0.2) is 4.98 Å². The second-order valence-electron chi connectivity index (χ2n) is 5.65. The summed E-state index contributed by atoms with van der Waals surface area (Å²) in [6, 6.07) is 12.8. The van der Waals surface area contributed by atoms with Gasteiger partial charge < -0.3 is 5.73 Å². The van der Waals surface area contributed by atoms with E-state index in [-0.39, 0.29) is 6.04 Å². The summed E-state index contributed by atoms with van der Waals surface area (Å²) in [4.78, 5) is 4.52. The van der Waals surface area contributed by atoms with Crippen molar-refractivity contribution in [2.45, 2.75) is 33.2 Å². The van der Waals surface area contributed by atoms with Gasteiger partial charge in [0.1, 0.15) is 6.33 Å². The molecule has 0 aliphatic carbocycles. The molecular weight excluding hydrogens is 258 g/mol. The monoisotopic (exact) mass is 279 g/mol. The van der Waals surface area contributed by atoms with Crippen LogP contribution in [0.1, 0.15) is 36.1 Å². The SMILES string of the molecule is CCC(N)c1cccc(-n2cnc3cc(C)c(C)cc32)c1. The van der Waals surface area contributed by atoms with Crippen LogP contribution in [0.4, 0.5) is 0 Å². The highest BCUT2D eigenvalue weighted by Gasteiger charge is 2.09. The lowest BCUT2D eigenvalue weighted by Crippen LogP contribution is -2.09. The zero-order valence-corrected chi connectivity index (χ0v) is 12.8. The molecule has 0 fully saturated rings. The van der Waals surface area contributed by atoms with E-state index in [1.165, 1.54) is 16.7 Å². The molecule has 2 N–H and O–H groups in total. The van der Waals surface area contributed by atoms with Gasteiger partial charge in [0, 0.05) is 11.7 Å². The zero-order chi connectivity index (χ0) is 15.0. The summed E-state index contributed by atoms with van der Waals surface area (Å²) in [5.74, 6) is 0. The van der Waals surface area contributed by atoms with Gasteiger partial charge in [0.15, 0.2) is 0 Å². The summed E-state index contributed by atoms with van der Waals surface area (Å²) in [6.07, 6.45) is 2.83. The summed E-state index contributed by atoms with van der Waals surface area (Å²) in [5, 5.41) is 0. The molecule has 1 atom stereocenters. The third-order valence-electron chi connectivity index (χ3n) is 4.18. The Hall–Kier alpha value is -2.13. The Kier molecular flexibility index (Phi) is 3.52. The van der Waals surface area contributed by atoms with Crippen LogP contribution in [0.3, 0.4) is 0 Å². The van der Waals surface area contributed by atoms with Crippen LogP contribution in [-0.4, -0.2) is 9.55 Å². The van der Waals surface area contributed by atoms with Crippen LogP contribution in [0, 0.1) is 13.8 Å². The molecule has 0 aliphatic heterocycles. The van der Waals surface area contributed by atoms with E-state index in [2.05, 4.69) is 66.7 Å². The van der Waals surface area contributed by atoms with E-state index in [0.29, 0.717) is 0 Å². The van der Waals surface area contributed by atoms with E-state index in [9.17, 15) is 0 Å². The molecular formula is C18H21N3. The van der Waals surface area contributed by atoms with Crippen molar-refractivity contribution in [1.29, 1.82) is 0 Å². The Bertz CT molecular complexity index is 786. The second-order valence-corrected chi connectivity index (χ2v) is 5.65. The lowest BCUT2D eigenvalue weighted by molar-refractivity contribution is 0.698. The number of imidazole rings is 1. The van der Waals surface area contributed by atoms with Gasteiger partial charge >= 0.3 is 0 Å². The van der Waals surface area contributed by atoms with Crippen LogP contribution in [-0.2, 0) is 0 Å². The number of hydrogen-bond acceptors (Lipinski definition) is 2. The first-order valence-corrected chi connectivity index (χ1v) is 7.40. The minimum atomic E-state index is 0.0868. The van der Waals surface area contributed by atoms with Gasteiger partial charge in [0.05, 0.1) is 11.0 Å². The predicted octanol–water partition coefficient (Wildman–Crippen LogP) is 4.05. The van der Waals surface area contributed by atoms with Crippen LogP contribution >= 0.6 is 0 Å². The zero-order valence-electron chi connectivity index (χ0n) is 12.8. The summed E-state index contributed by atoms with van der Waals surface area (Å²) in [5.41, 5.74) is 13.2. The largest absolute Gasteiger partial charge is 0.324 e. The van der Waals surface area contributed by atoms with Crippen molar-refractivity contribution in [1.82, 2.24) is 9.55 Å². The summed E-state index contributed by atoms with van der Waals surface area (Å²) < 4.78 is 2.13. The molecule has 1 aromatic heterocycles. The molecule has 2 aromatic carbocycles. The molecule has 21 heavy (non-hydrogen) atoms. The molecule has 3 rings (SSSR count). The number of hydrogen-bond donors (Lipinski definition) is 1. The fourth-order valence-corrected chi connectivity index (χ4v) is 2.61. The van der Waals surface area contributed by atoms with E-state index >= 15 is 0 Å². The normalized spacial score (nSPS) is 12.8. The van der Waals surface area contributed by atoms with Gasteiger partial charge in [-0.05, 0) is 61.2 Å². The number of nitrogens with two attached hydrogens (primary N) is 1. The van der Waals surface area contributed by atoms with Gasteiger partial charge in [-0.15, -0.1) is 0 Å². The average Bonchev–Trinajstić information content (AvgIpc) is 2.90. The Labute approximate surface area is 125 Å². The van der Waals surface area contributed by atoms with Crippen LogP contribution in [0.25, 0.3) is 16.7 Å². The quantitative estimate of drug-likeness (QED) is 0.786. The van der Waals surface area contributed by atoms with Gasteiger partial charge in [-0.2, -0.15) is 0 Å². The first-order valence-electron chi connectivity index (χ1n) is 7.40. The number of rotatable bonds is 3. The molecule has 1 heterocycles. The highest BCUT2D eigenvalue weighted by Crippen LogP contribution is 2.23. The van der Waals surface area contributed by atoms with E-state index < -0.39 is 0 Å². The van der Waals surface area contributed by atoms with Crippen molar-refractivity contribution in [3.63, 3.8) is 0 Å². The fourth-order valence-electron chi connectivity index (χ4n) is 2.61. The number of fused-ring (bicyclic) bond motifs is 1. The third-order valence-corrected chi connectivity index (χ3v) is 4.18. The summed E-state index contributed by atoms with van der Waals surface area (Å²) in [6.45, 7) is 6.36. The maximum Gasteiger partial charge on any atom is 0.100 e. The first-order chi connectivity index (χ1) is 10.1. The Morgan fingerprint density at radius 1 is 1.14 bits per heavy atom. The van der Waals surface area contributed by atoms with Gasteiger partial charge in [0.2, 0.25) is 0 Å². The minimum Gasteiger partial charge on any atom is -0.324 e. The minimum absolute atomic E-state index is 0.0868. The third kappa shape index (κ3) is 2.45. The van der Waals surface area contributed by atoms with Crippen LogP contribution < -0.4 is 5.73 Å². The first kappa shape index (κ1) is 13.8. The molecule has 3 aromatic rings. The van der Waals surface area contributed by atoms with Crippen molar-refractivity contribution in [3.05, 3.63) is 59.4 Å². The number of aryl methyl sites for hydroxylation is 2. The predicted molar refractivity (Wildman–Crippen MR) is 87.8 cm³/mol. The van der Waals surface area contributed by atoms with E-state index in [1.54, 1.807) is 0 Å². The molecule has 0 amide bonds. The molecule has 0 saturated heterocycles. The number of aromatic nitrogens is 2. The van der Waals surface area contributed by atoms with Crippen LogP contribution in [0.2, 0.25) is 0 Å². The lowest BCUT2D eigenvalue weighted by Gasteiger charge is -2.12. The van der Waals surface area contributed by atoms with Crippen molar-refractivity contribution in [3.8, 4) is 5.69 Å². The Morgan fingerprint density at radius 2 is 1.90 bits per heavy atom. The molecule has 0 saturated carbocycles. The molecule has 0 spiro atoms. The maximum atomic E-state index is 6.15. The average molecular weight is 279 g/mol. The molecule has 3 nitrogen and oxygen atoms in total. The fraction of sp³-hybridized carbons (Fsp3) is 0.278. The molecule has 3 heteroatoms. The highest BCUT2D eigenvalue weighted by molar-refractivity contribution is 5.79. The van der Waals surface area contributed by atoms with Crippen molar-refractivity contribution >= 4 is 11.0 Å². The lowest BCUT2D eigenvalue weighted by atomic mass is 10.0. The van der Waals surface area contributed by atoms with Crippen molar-refractivity contribution in [2.24, 2.45) is 5.73 Å². The molecule has 0 bridgehead atoms. The molecule has 1 unspecified atom stereocenters. The second kappa shape index (κ2) is 5.34. The summed E-state index contributed by atoms with van der Waals surface area (Å²) in [7, 11) is 0. The molecule has 0 aliphatic rings. The van der Waals surface area contributed by atoms with Gasteiger partial charge in [0.25, 0.3) is 0 Å². The smallest absolute Gasteiger partial charge is 0.100 e. The van der Waals surface area contributed by atoms with Crippen molar-refractivity contribution in [2.75, 3.05) is 0 Å². The summed E-state index contributed by atoms with van der Waals surface area (Å²) >= 11 is 0. The van der Waals surface area contributed by atoms with Crippen LogP contribution in [0.5, 0.6) is 0 Å². The maximum absolute atomic E-state index is 6.15. The Balaban J connectivity index is 2.14. The Morgan fingerprint density at radius 3 is 2.67 bits per heavy atom. The standard InChI is InChI=1S/C18H21N3/c1-4-16(19)14-6-5-7-15(10-14)21-11-20-17-8-12(2)13(3)9-18(17)21/h5-11,16H,4,19H2,1-3H3. The number of nitrogens with zero attached hydrogens (tertiary/aromatic N) is 2. The van der Waals surface area contributed by atoms with Gasteiger partial charge in [-0.1, -0.05) is 19.1 Å². The van der Waals surface area contributed by atoms with Crippen molar-refractivity contribution < 1.29 is 0 Å².